The Balaban J connectivity index is 0.00000240. The van der Waals surface area contributed by atoms with E-state index < -0.39 is 0 Å². The van der Waals surface area contributed by atoms with E-state index in [2.05, 4.69) is 22.5 Å². The summed E-state index contributed by atoms with van der Waals surface area (Å²) in [4.78, 5) is 16.8. The molecule has 0 bridgehead atoms. The Kier molecular flexibility index (Phi) is 7.01. The van der Waals surface area contributed by atoms with E-state index in [0.29, 0.717) is 12.6 Å². The van der Waals surface area contributed by atoms with Crippen LogP contribution in [0.1, 0.15) is 25.3 Å². The summed E-state index contributed by atoms with van der Waals surface area (Å²) in [5.74, 6) is 0.200. The molecular weight excluding hydrogens is 386 g/mol. The van der Waals surface area contributed by atoms with Crippen molar-refractivity contribution >= 4 is 18.3 Å². The quantitative estimate of drug-likeness (QED) is 0.675. The van der Waals surface area contributed by atoms with E-state index in [-0.39, 0.29) is 24.2 Å². The highest BCUT2D eigenvalue weighted by Crippen LogP contribution is 2.24. The van der Waals surface area contributed by atoms with Gasteiger partial charge in [-0.2, -0.15) is 5.10 Å². The second kappa shape index (κ2) is 9.67. The average Bonchev–Trinajstić information content (AvgIpc) is 3.17. The van der Waals surface area contributed by atoms with Crippen molar-refractivity contribution in [2.45, 2.75) is 32.4 Å². The Morgan fingerprint density at radius 3 is 2.69 bits per heavy atom. The zero-order chi connectivity index (χ0) is 19.3. The van der Waals surface area contributed by atoms with Crippen LogP contribution < -0.4 is 10.6 Å². The number of amides is 1. The van der Waals surface area contributed by atoms with Gasteiger partial charge in [0, 0.05) is 48.2 Å². The van der Waals surface area contributed by atoms with Crippen LogP contribution in [0.25, 0.3) is 16.9 Å². The normalized spacial score (nSPS) is 18.7. The van der Waals surface area contributed by atoms with Gasteiger partial charge < -0.3 is 10.6 Å². The summed E-state index contributed by atoms with van der Waals surface area (Å²) in [6, 6.07) is 14.3. The maximum atomic E-state index is 12.7. The number of pyridine rings is 1. The number of hydrogen-bond donors (Lipinski definition) is 2. The average molecular weight is 412 g/mol. The van der Waals surface area contributed by atoms with Crippen LogP contribution in [-0.4, -0.2) is 33.3 Å². The number of hydrogen-bond acceptors (Lipinski definition) is 4. The van der Waals surface area contributed by atoms with Gasteiger partial charge in [0.15, 0.2) is 0 Å². The molecule has 29 heavy (non-hydrogen) atoms. The lowest BCUT2D eigenvalue weighted by atomic mass is 9.92. The van der Waals surface area contributed by atoms with Crippen LogP contribution in [0.4, 0.5) is 0 Å². The molecule has 1 amide bonds. The monoisotopic (exact) mass is 411 g/mol. The van der Waals surface area contributed by atoms with Gasteiger partial charge in [-0.15, -0.1) is 12.4 Å². The maximum absolute atomic E-state index is 12.7. The Hall–Kier alpha value is -2.70. The first-order valence-electron chi connectivity index (χ1n) is 9.76. The van der Waals surface area contributed by atoms with Gasteiger partial charge >= 0.3 is 0 Å². The minimum Gasteiger partial charge on any atom is -0.352 e. The van der Waals surface area contributed by atoms with Gasteiger partial charge in [0.1, 0.15) is 0 Å². The molecule has 3 aromatic rings. The molecule has 2 aromatic heterocycles. The number of para-hydroxylation sites is 1. The molecule has 2 N–H and O–H groups in total. The predicted molar refractivity (Wildman–Crippen MR) is 116 cm³/mol. The van der Waals surface area contributed by atoms with Crippen LogP contribution in [0.15, 0.2) is 61.1 Å². The maximum Gasteiger partial charge on any atom is 0.223 e. The van der Waals surface area contributed by atoms with Crippen LogP contribution >= 0.6 is 12.4 Å². The summed E-state index contributed by atoms with van der Waals surface area (Å²) < 4.78 is 1.86. The van der Waals surface area contributed by atoms with Crippen molar-refractivity contribution in [1.82, 2.24) is 25.4 Å². The highest BCUT2D eigenvalue weighted by Gasteiger charge is 2.25. The van der Waals surface area contributed by atoms with Crippen molar-refractivity contribution in [1.29, 1.82) is 0 Å². The van der Waals surface area contributed by atoms with Gasteiger partial charge in [-0.1, -0.05) is 18.2 Å². The van der Waals surface area contributed by atoms with E-state index in [9.17, 15) is 4.79 Å². The summed E-state index contributed by atoms with van der Waals surface area (Å²) in [7, 11) is 0. The molecular formula is C22H26ClN5O. The Bertz CT molecular complexity index is 929. The SMILES string of the molecule is C[C@H]1C[C@@H](C(=O)NCc2cn(-c3ccccc3)nc2-c2ccncc2)CCN1.Cl. The van der Waals surface area contributed by atoms with E-state index >= 15 is 0 Å². The number of piperidine rings is 1. The second-order valence-corrected chi connectivity index (χ2v) is 7.31. The number of carbonyl (C=O) groups excluding carboxylic acids is 1. The molecule has 0 radical (unpaired) electrons. The topological polar surface area (TPSA) is 71.8 Å². The fourth-order valence-electron chi connectivity index (χ4n) is 3.70. The third kappa shape index (κ3) is 5.02. The molecule has 1 aliphatic heterocycles. The molecule has 1 aliphatic rings. The molecule has 1 aromatic carbocycles. The molecule has 152 valence electrons. The van der Waals surface area contributed by atoms with Crippen molar-refractivity contribution in [2.75, 3.05) is 6.54 Å². The first-order chi connectivity index (χ1) is 13.7. The summed E-state index contributed by atoms with van der Waals surface area (Å²) >= 11 is 0. The van der Waals surface area contributed by atoms with Crippen molar-refractivity contribution in [3.63, 3.8) is 0 Å². The van der Waals surface area contributed by atoms with Gasteiger partial charge in [-0.05, 0) is 50.6 Å². The number of rotatable bonds is 5. The van der Waals surface area contributed by atoms with Gasteiger partial charge in [0.05, 0.1) is 11.4 Å². The van der Waals surface area contributed by atoms with Crippen LogP contribution in [0.3, 0.4) is 0 Å². The molecule has 0 unspecified atom stereocenters. The van der Waals surface area contributed by atoms with Crippen molar-refractivity contribution < 1.29 is 4.79 Å². The molecule has 0 saturated carbocycles. The highest BCUT2D eigenvalue weighted by atomic mass is 35.5. The van der Waals surface area contributed by atoms with E-state index in [1.54, 1.807) is 12.4 Å². The number of benzene rings is 1. The van der Waals surface area contributed by atoms with E-state index in [4.69, 9.17) is 5.10 Å². The molecule has 7 heteroatoms. The molecule has 6 nitrogen and oxygen atoms in total. The van der Waals surface area contributed by atoms with Crippen LogP contribution in [0, 0.1) is 5.92 Å². The van der Waals surface area contributed by atoms with Crippen LogP contribution in [-0.2, 0) is 11.3 Å². The summed E-state index contributed by atoms with van der Waals surface area (Å²) in [5, 5.41) is 11.3. The predicted octanol–water partition coefficient (Wildman–Crippen LogP) is 3.36. The second-order valence-electron chi connectivity index (χ2n) is 7.31. The van der Waals surface area contributed by atoms with Gasteiger partial charge in [-0.3, -0.25) is 9.78 Å². The summed E-state index contributed by atoms with van der Waals surface area (Å²) in [5.41, 5.74) is 3.84. The Morgan fingerprint density at radius 1 is 1.21 bits per heavy atom. The molecule has 1 saturated heterocycles. The molecule has 0 aliphatic carbocycles. The van der Waals surface area contributed by atoms with Gasteiger partial charge in [0.25, 0.3) is 0 Å². The van der Waals surface area contributed by atoms with Crippen molar-refractivity contribution in [2.24, 2.45) is 5.92 Å². The summed E-state index contributed by atoms with van der Waals surface area (Å²) in [6.45, 7) is 3.49. The number of nitrogens with zero attached hydrogens (tertiary/aromatic N) is 3. The van der Waals surface area contributed by atoms with Gasteiger partial charge in [-0.25, -0.2) is 4.68 Å². The Labute approximate surface area is 177 Å². The van der Waals surface area contributed by atoms with Crippen LogP contribution in [0.5, 0.6) is 0 Å². The molecule has 4 rings (SSSR count). The fourth-order valence-corrected chi connectivity index (χ4v) is 3.70. The van der Waals surface area contributed by atoms with E-state index in [1.807, 2.05) is 53.3 Å². The first-order valence-corrected chi connectivity index (χ1v) is 9.76. The van der Waals surface area contributed by atoms with Crippen molar-refractivity contribution in [3.8, 4) is 16.9 Å². The smallest absolute Gasteiger partial charge is 0.223 e. The lowest BCUT2D eigenvalue weighted by Gasteiger charge is -2.27. The molecule has 0 spiro atoms. The van der Waals surface area contributed by atoms with Crippen LogP contribution in [0.2, 0.25) is 0 Å². The minimum atomic E-state index is 0. The zero-order valence-electron chi connectivity index (χ0n) is 16.4. The number of aromatic nitrogens is 3. The lowest BCUT2D eigenvalue weighted by molar-refractivity contribution is -0.126. The number of halogens is 1. The molecule has 1 fully saturated rings. The lowest BCUT2D eigenvalue weighted by Crippen LogP contribution is -2.42. The fraction of sp³-hybridized carbons (Fsp3) is 0.318. The summed E-state index contributed by atoms with van der Waals surface area (Å²) in [6.07, 6.45) is 7.28. The number of nitrogens with one attached hydrogen (secondary N) is 2. The third-order valence-corrected chi connectivity index (χ3v) is 5.21. The third-order valence-electron chi connectivity index (χ3n) is 5.21. The minimum absolute atomic E-state index is 0. The van der Waals surface area contributed by atoms with Gasteiger partial charge in [0.2, 0.25) is 5.91 Å². The standard InChI is InChI=1S/C22H25N5O.ClH/c1-16-13-18(9-12-24-16)22(28)25-14-19-15-27(20-5-3-2-4-6-20)26-21(19)17-7-10-23-11-8-17;/h2-8,10-11,15-16,18,24H,9,12-14H2,1H3,(H,25,28);1H/t16-,18-;/m0./s1. The Morgan fingerprint density at radius 2 is 1.97 bits per heavy atom. The van der Waals surface area contributed by atoms with E-state index in [1.165, 1.54) is 0 Å². The highest BCUT2D eigenvalue weighted by molar-refractivity contribution is 5.85. The number of carbonyl (C=O) groups is 1. The zero-order valence-corrected chi connectivity index (χ0v) is 17.2. The van der Waals surface area contributed by atoms with E-state index in [0.717, 1.165) is 41.9 Å². The molecule has 3 heterocycles. The largest absolute Gasteiger partial charge is 0.352 e. The van der Waals surface area contributed by atoms with Crippen molar-refractivity contribution in [3.05, 3.63) is 66.6 Å². The molecule has 2 atom stereocenters. The first kappa shape index (κ1) is 21.0.